The molecule has 0 aromatic carbocycles. The van der Waals surface area contributed by atoms with Crippen molar-refractivity contribution in [3.05, 3.63) is 58.0 Å². The van der Waals surface area contributed by atoms with E-state index in [0.717, 1.165) is 14.3 Å². The fraction of sp³-hybridized carbons (Fsp3) is 0.133. The van der Waals surface area contributed by atoms with E-state index in [9.17, 15) is 0 Å². The number of nitrogens with zero attached hydrogens (tertiary/aromatic N) is 4. The second kappa shape index (κ2) is 12.9. The molecule has 0 saturated carbocycles. The predicted molar refractivity (Wildman–Crippen MR) is 103 cm³/mol. The van der Waals surface area contributed by atoms with Gasteiger partial charge in [-0.3, -0.25) is 9.78 Å². The van der Waals surface area contributed by atoms with E-state index in [1.807, 2.05) is 6.07 Å². The topological polar surface area (TPSA) is 70.3 Å². The molecule has 0 aliphatic heterocycles. The minimum absolute atomic E-state index is 0.409. The van der Waals surface area contributed by atoms with Crippen molar-refractivity contribution in [1.29, 1.82) is 5.26 Å². The summed E-state index contributed by atoms with van der Waals surface area (Å²) >= 11 is 9.53. The third-order valence-corrected chi connectivity index (χ3v) is 3.63. The van der Waals surface area contributed by atoms with Gasteiger partial charge in [0, 0.05) is 11.5 Å². The highest BCUT2D eigenvalue weighted by Crippen LogP contribution is 2.13. The Bertz CT molecular complexity index is 704. The number of aromatic nitrogens is 4. The van der Waals surface area contributed by atoms with Crippen molar-refractivity contribution in [2.75, 3.05) is 5.33 Å². The molecule has 0 atom stereocenters. The Labute approximate surface area is 160 Å². The number of terminal acetylenes is 1. The largest absolute Gasteiger partial charge is 0.269 e. The van der Waals surface area contributed by atoms with Gasteiger partial charge >= 0.3 is 0 Å². The number of hydrogen-bond acceptors (Lipinski definition) is 3. The highest BCUT2D eigenvalue weighted by atomic mass is 79.9. The molecular formula is C15H14Br3N5. The van der Waals surface area contributed by atoms with Crippen LogP contribution in [-0.2, 0) is 6.54 Å². The van der Waals surface area contributed by atoms with Crippen LogP contribution in [0.4, 0.5) is 0 Å². The Morgan fingerprint density at radius 1 is 1.35 bits per heavy atom. The molecular weight excluding hydrogens is 490 g/mol. The van der Waals surface area contributed by atoms with Crippen molar-refractivity contribution in [3.63, 3.8) is 0 Å². The predicted octanol–water partition coefficient (Wildman–Crippen LogP) is 4.42. The SMILES string of the molecule is C#Cc1[nH]ncc1Br.C=CCBr.C=CCn1cc(Br)c(C#N)n1. The minimum atomic E-state index is 0.409. The standard InChI is InChI=1S/C7H6BrN3.C5H3BrN2.C3H5Br/c1-2-3-11-5-6(8)7(4-9)10-11;1-2-5-4(6)3-7-8-5;1-2-3-4/h2,5H,1,3H2;1,3H,(H,7,8);2H,1,3H2. The van der Waals surface area contributed by atoms with Gasteiger partial charge in [0.25, 0.3) is 0 Å². The van der Waals surface area contributed by atoms with Crippen LogP contribution in [0.1, 0.15) is 11.4 Å². The van der Waals surface area contributed by atoms with Crippen molar-refractivity contribution in [2.45, 2.75) is 6.54 Å². The van der Waals surface area contributed by atoms with Gasteiger partial charge in [-0.2, -0.15) is 15.5 Å². The van der Waals surface area contributed by atoms with Crippen LogP contribution in [0.3, 0.4) is 0 Å². The fourth-order valence-electron chi connectivity index (χ4n) is 1.07. The van der Waals surface area contributed by atoms with Crippen LogP contribution >= 0.6 is 47.8 Å². The number of hydrogen-bond donors (Lipinski definition) is 1. The molecule has 0 bridgehead atoms. The molecule has 8 heteroatoms. The molecule has 2 rings (SSSR count). The van der Waals surface area contributed by atoms with Gasteiger partial charge in [-0.25, -0.2) is 0 Å². The molecule has 0 spiro atoms. The molecule has 0 aliphatic carbocycles. The number of rotatable bonds is 3. The average Bonchev–Trinajstić information content (AvgIpc) is 3.13. The average molecular weight is 504 g/mol. The lowest BCUT2D eigenvalue weighted by Crippen LogP contribution is -1.94. The Kier molecular flexibility index (Phi) is 12.0. The van der Waals surface area contributed by atoms with Crippen molar-refractivity contribution in [1.82, 2.24) is 20.0 Å². The summed E-state index contributed by atoms with van der Waals surface area (Å²) in [5.74, 6) is 2.41. The maximum atomic E-state index is 8.52. The molecule has 2 aromatic heterocycles. The Hall–Kier alpha value is -1.61. The first-order valence-electron chi connectivity index (χ1n) is 6.10. The molecule has 2 aromatic rings. The molecule has 23 heavy (non-hydrogen) atoms. The van der Waals surface area contributed by atoms with E-state index in [0.29, 0.717) is 17.9 Å². The van der Waals surface area contributed by atoms with Crippen LogP contribution in [0.5, 0.6) is 0 Å². The summed E-state index contributed by atoms with van der Waals surface area (Å²) in [5.41, 5.74) is 1.09. The van der Waals surface area contributed by atoms with Gasteiger partial charge in [-0.05, 0) is 37.8 Å². The summed E-state index contributed by atoms with van der Waals surface area (Å²) in [6.45, 7) is 7.62. The van der Waals surface area contributed by atoms with Gasteiger partial charge in [-0.15, -0.1) is 19.6 Å². The number of halogens is 3. The Balaban J connectivity index is 0.000000354. The lowest BCUT2D eigenvalue weighted by Gasteiger charge is -1.90. The van der Waals surface area contributed by atoms with Crippen LogP contribution < -0.4 is 0 Å². The molecule has 0 unspecified atom stereocenters. The number of nitrogens with one attached hydrogen (secondary N) is 1. The van der Waals surface area contributed by atoms with Gasteiger partial charge in [-0.1, -0.05) is 28.1 Å². The van der Waals surface area contributed by atoms with Crippen molar-refractivity contribution < 1.29 is 0 Å². The number of H-pyrrole nitrogens is 1. The van der Waals surface area contributed by atoms with Crippen LogP contribution in [0, 0.1) is 23.7 Å². The van der Waals surface area contributed by atoms with Gasteiger partial charge in [0.05, 0.1) is 21.7 Å². The molecule has 120 valence electrons. The van der Waals surface area contributed by atoms with Gasteiger partial charge in [0.15, 0.2) is 5.69 Å². The van der Waals surface area contributed by atoms with E-state index in [-0.39, 0.29) is 0 Å². The summed E-state index contributed by atoms with van der Waals surface area (Å²) in [6, 6.07) is 1.96. The lowest BCUT2D eigenvalue weighted by molar-refractivity contribution is 0.699. The van der Waals surface area contributed by atoms with Crippen LogP contribution in [0.15, 0.2) is 46.6 Å². The summed E-state index contributed by atoms with van der Waals surface area (Å²) in [4.78, 5) is 0. The second-order valence-electron chi connectivity index (χ2n) is 3.63. The van der Waals surface area contributed by atoms with E-state index in [1.165, 1.54) is 0 Å². The first-order chi connectivity index (χ1) is 11.0. The third kappa shape index (κ3) is 8.56. The summed E-state index contributed by atoms with van der Waals surface area (Å²) in [6.07, 6.45) is 11.9. The van der Waals surface area contributed by atoms with Crippen molar-refractivity contribution in [3.8, 4) is 18.4 Å². The third-order valence-electron chi connectivity index (χ3n) is 1.99. The van der Waals surface area contributed by atoms with E-state index in [1.54, 1.807) is 29.2 Å². The van der Waals surface area contributed by atoms with Crippen molar-refractivity contribution >= 4 is 47.8 Å². The van der Waals surface area contributed by atoms with Gasteiger partial charge in [0.2, 0.25) is 0 Å². The normalized spacial score (nSPS) is 8.39. The zero-order valence-electron chi connectivity index (χ0n) is 12.1. The minimum Gasteiger partial charge on any atom is -0.269 e. The molecule has 0 radical (unpaired) electrons. The Morgan fingerprint density at radius 2 is 2.00 bits per heavy atom. The monoisotopic (exact) mass is 501 g/mol. The highest BCUT2D eigenvalue weighted by molar-refractivity contribution is 9.11. The first-order valence-corrected chi connectivity index (χ1v) is 8.81. The molecule has 5 nitrogen and oxygen atoms in total. The maximum Gasteiger partial charge on any atom is 0.176 e. The number of allylic oxidation sites excluding steroid dienone is 2. The Morgan fingerprint density at radius 3 is 2.30 bits per heavy atom. The lowest BCUT2D eigenvalue weighted by atomic mass is 10.5. The molecule has 0 aliphatic rings. The quantitative estimate of drug-likeness (QED) is 0.383. The summed E-state index contributed by atoms with van der Waals surface area (Å²) in [5, 5.41) is 19.7. The highest BCUT2D eigenvalue weighted by Gasteiger charge is 2.02. The van der Waals surface area contributed by atoms with Crippen molar-refractivity contribution in [2.24, 2.45) is 0 Å². The van der Waals surface area contributed by atoms with Crippen LogP contribution in [0.2, 0.25) is 0 Å². The summed E-state index contributed by atoms with van der Waals surface area (Å²) < 4.78 is 3.21. The zero-order valence-corrected chi connectivity index (χ0v) is 16.9. The smallest absolute Gasteiger partial charge is 0.176 e. The number of aromatic amines is 1. The fourth-order valence-corrected chi connectivity index (χ4v) is 1.78. The van der Waals surface area contributed by atoms with E-state index in [4.69, 9.17) is 11.7 Å². The van der Waals surface area contributed by atoms with E-state index < -0.39 is 0 Å². The van der Waals surface area contributed by atoms with Gasteiger partial charge < -0.3 is 0 Å². The van der Waals surface area contributed by atoms with E-state index >= 15 is 0 Å². The van der Waals surface area contributed by atoms with Crippen LogP contribution in [-0.4, -0.2) is 25.3 Å². The van der Waals surface area contributed by atoms with Gasteiger partial charge in [0.1, 0.15) is 11.8 Å². The molecule has 0 saturated heterocycles. The maximum absolute atomic E-state index is 8.52. The van der Waals surface area contributed by atoms with E-state index in [2.05, 4.69) is 82.2 Å². The summed E-state index contributed by atoms with van der Waals surface area (Å²) in [7, 11) is 0. The number of nitriles is 1. The molecule has 2 heterocycles. The molecule has 0 fully saturated rings. The first kappa shape index (κ1) is 21.4. The molecule has 1 N–H and O–H groups in total. The second-order valence-corrected chi connectivity index (χ2v) is 5.98. The molecule has 0 amide bonds. The zero-order chi connectivity index (χ0) is 17.7. The van der Waals surface area contributed by atoms with Crippen LogP contribution in [0.25, 0.3) is 0 Å². The number of alkyl halides is 1.